The van der Waals surface area contributed by atoms with Gasteiger partial charge in [0.2, 0.25) is 0 Å². The zero-order valence-electron chi connectivity index (χ0n) is 15.9. The second-order valence-corrected chi connectivity index (χ2v) is 7.46. The summed E-state index contributed by atoms with van der Waals surface area (Å²) < 4.78 is 6.03. The molecule has 0 saturated carbocycles. The van der Waals surface area contributed by atoms with E-state index in [0.717, 1.165) is 6.42 Å². The van der Waals surface area contributed by atoms with Crippen molar-refractivity contribution in [2.45, 2.75) is 19.3 Å². The molecular weight excluding hydrogens is 409 g/mol. The van der Waals surface area contributed by atoms with E-state index in [1.165, 1.54) is 23.8 Å². The molecule has 3 aromatic carbocycles. The summed E-state index contributed by atoms with van der Waals surface area (Å²) in [7, 11) is 0. The third-order valence-corrected chi connectivity index (χ3v) is 5.07. The van der Waals surface area contributed by atoms with Crippen molar-refractivity contribution in [2.75, 3.05) is 11.9 Å². The lowest BCUT2D eigenvalue weighted by molar-refractivity contribution is 0.102. The zero-order valence-corrected chi connectivity index (χ0v) is 17.4. The summed E-state index contributed by atoms with van der Waals surface area (Å²) in [4.78, 5) is 12.6. The summed E-state index contributed by atoms with van der Waals surface area (Å²) >= 11 is 12.1. The van der Waals surface area contributed by atoms with E-state index in [1.807, 2.05) is 18.2 Å². The molecule has 0 spiro atoms. The molecule has 0 bridgehead atoms. The van der Waals surface area contributed by atoms with Crippen molar-refractivity contribution in [2.24, 2.45) is 0 Å². The van der Waals surface area contributed by atoms with Gasteiger partial charge in [-0.25, -0.2) is 0 Å². The molecule has 0 heterocycles. The van der Waals surface area contributed by atoms with Gasteiger partial charge in [-0.2, -0.15) is 0 Å². The zero-order chi connectivity index (χ0) is 20.8. The molecule has 6 heteroatoms. The van der Waals surface area contributed by atoms with Crippen molar-refractivity contribution >= 4 is 34.8 Å². The van der Waals surface area contributed by atoms with Crippen LogP contribution in [0.15, 0.2) is 66.7 Å². The van der Waals surface area contributed by atoms with E-state index in [-0.39, 0.29) is 17.2 Å². The Bertz CT molecular complexity index is 993. The summed E-state index contributed by atoms with van der Waals surface area (Å²) in [5, 5.41) is 13.5. The SMILES string of the molecule is CC[C@H](COc1ccc(Cl)cc1NC(=O)c1cc(Cl)ccc1O)c1ccccc1. The topological polar surface area (TPSA) is 58.6 Å². The number of ether oxygens (including phenoxy) is 1. The van der Waals surface area contributed by atoms with Crippen LogP contribution in [0.25, 0.3) is 0 Å². The Hall–Kier alpha value is -2.69. The van der Waals surface area contributed by atoms with Crippen LogP contribution in [0, 0.1) is 0 Å². The summed E-state index contributed by atoms with van der Waals surface area (Å²) in [5.74, 6) is 0.0461. The van der Waals surface area contributed by atoms with Gasteiger partial charge >= 0.3 is 0 Å². The highest BCUT2D eigenvalue weighted by Crippen LogP contribution is 2.31. The van der Waals surface area contributed by atoms with Crippen molar-refractivity contribution in [3.63, 3.8) is 0 Å². The van der Waals surface area contributed by atoms with Gasteiger partial charge in [0.05, 0.1) is 17.9 Å². The maximum Gasteiger partial charge on any atom is 0.259 e. The normalized spacial score (nSPS) is 11.7. The Morgan fingerprint density at radius 3 is 2.45 bits per heavy atom. The molecule has 0 fully saturated rings. The number of rotatable bonds is 7. The molecule has 4 nitrogen and oxygen atoms in total. The van der Waals surface area contributed by atoms with Crippen LogP contribution in [0.5, 0.6) is 11.5 Å². The van der Waals surface area contributed by atoms with E-state index in [4.69, 9.17) is 27.9 Å². The van der Waals surface area contributed by atoms with Gasteiger partial charge in [0.25, 0.3) is 5.91 Å². The minimum absolute atomic E-state index is 0.0687. The Labute approximate surface area is 180 Å². The molecule has 0 aromatic heterocycles. The molecule has 2 N–H and O–H groups in total. The Balaban J connectivity index is 1.79. The van der Waals surface area contributed by atoms with Gasteiger partial charge in [-0.1, -0.05) is 60.5 Å². The number of aromatic hydroxyl groups is 1. The molecule has 3 aromatic rings. The predicted octanol–water partition coefficient (Wildman–Crippen LogP) is 6.52. The largest absolute Gasteiger partial charge is 0.507 e. The molecule has 0 saturated heterocycles. The monoisotopic (exact) mass is 429 g/mol. The van der Waals surface area contributed by atoms with E-state index in [2.05, 4.69) is 24.4 Å². The van der Waals surface area contributed by atoms with Crippen LogP contribution < -0.4 is 10.1 Å². The second kappa shape index (κ2) is 9.68. The van der Waals surface area contributed by atoms with Gasteiger partial charge in [-0.05, 0) is 48.4 Å². The third kappa shape index (κ3) is 5.43. The van der Waals surface area contributed by atoms with Gasteiger partial charge in [0.1, 0.15) is 11.5 Å². The fourth-order valence-electron chi connectivity index (χ4n) is 2.97. The number of amides is 1. The third-order valence-electron chi connectivity index (χ3n) is 4.60. The maximum absolute atomic E-state index is 12.6. The highest BCUT2D eigenvalue weighted by atomic mass is 35.5. The number of nitrogens with one attached hydrogen (secondary N) is 1. The Kier molecular flexibility index (Phi) is 7.02. The lowest BCUT2D eigenvalue weighted by Crippen LogP contribution is -2.15. The summed E-state index contributed by atoms with van der Waals surface area (Å²) in [5.41, 5.74) is 1.68. The number of phenols is 1. The first-order valence-electron chi connectivity index (χ1n) is 9.25. The smallest absolute Gasteiger partial charge is 0.259 e. The van der Waals surface area contributed by atoms with Crippen molar-refractivity contribution < 1.29 is 14.6 Å². The van der Waals surface area contributed by atoms with Crippen LogP contribution in [0.1, 0.15) is 35.2 Å². The van der Waals surface area contributed by atoms with Crippen molar-refractivity contribution in [1.29, 1.82) is 0 Å². The van der Waals surface area contributed by atoms with Crippen molar-refractivity contribution in [3.8, 4) is 11.5 Å². The first-order valence-corrected chi connectivity index (χ1v) is 10.0. The molecule has 0 aliphatic heterocycles. The minimum atomic E-state index is -0.507. The molecule has 0 aliphatic carbocycles. The predicted molar refractivity (Wildman–Crippen MR) is 117 cm³/mol. The van der Waals surface area contributed by atoms with E-state index in [0.29, 0.717) is 28.1 Å². The number of hydrogen-bond acceptors (Lipinski definition) is 3. The van der Waals surface area contributed by atoms with Crippen LogP contribution in [-0.4, -0.2) is 17.6 Å². The number of anilines is 1. The standard InChI is InChI=1S/C23H21Cl2NO3/c1-2-15(16-6-4-3-5-7-16)14-29-22-11-9-18(25)13-20(22)26-23(28)19-12-17(24)8-10-21(19)27/h3-13,15,27H,2,14H2,1H3,(H,26,28)/t15-/m1/s1. The Morgan fingerprint density at radius 1 is 1.03 bits per heavy atom. The van der Waals surface area contributed by atoms with Crippen molar-refractivity contribution in [1.82, 2.24) is 0 Å². The quantitative estimate of drug-likeness (QED) is 0.448. The fourth-order valence-corrected chi connectivity index (χ4v) is 3.32. The average molecular weight is 430 g/mol. The number of carbonyl (C=O) groups is 1. The molecule has 1 atom stereocenters. The van der Waals surface area contributed by atoms with Gasteiger partial charge in [0, 0.05) is 16.0 Å². The van der Waals surface area contributed by atoms with Gasteiger partial charge in [-0.3, -0.25) is 4.79 Å². The Morgan fingerprint density at radius 2 is 1.72 bits per heavy atom. The summed E-state index contributed by atoms with van der Waals surface area (Å²) in [6, 6.07) is 19.4. The first-order chi connectivity index (χ1) is 14.0. The maximum atomic E-state index is 12.6. The number of carbonyl (C=O) groups excluding carboxylic acids is 1. The molecule has 0 radical (unpaired) electrons. The molecule has 29 heavy (non-hydrogen) atoms. The second-order valence-electron chi connectivity index (χ2n) is 6.58. The number of benzene rings is 3. The molecule has 0 unspecified atom stereocenters. The van der Waals surface area contributed by atoms with E-state index in [1.54, 1.807) is 18.2 Å². The molecular formula is C23H21Cl2NO3. The molecule has 3 rings (SSSR count). The van der Waals surface area contributed by atoms with Crippen LogP contribution in [0.3, 0.4) is 0 Å². The lowest BCUT2D eigenvalue weighted by atomic mass is 9.97. The van der Waals surface area contributed by atoms with Gasteiger partial charge in [0.15, 0.2) is 0 Å². The number of halogens is 2. The van der Waals surface area contributed by atoms with Crippen molar-refractivity contribution in [3.05, 3.63) is 87.9 Å². The van der Waals surface area contributed by atoms with Gasteiger partial charge < -0.3 is 15.2 Å². The number of hydrogen-bond donors (Lipinski definition) is 2. The van der Waals surface area contributed by atoms with E-state index in [9.17, 15) is 9.90 Å². The van der Waals surface area contributed by atoms with E-state index < -0.39 is 5.91 Å². The highest BCUT2D eigenvalue weighted by molar-refractivity contribution is 6.31. The number of phenolic OH excluding ortho intramolecular Hbond substituents is 1. The van der Waals surface area contributed by atoms with E-state index >= 15 is 0 Å². The molecule has 150 valence electrons. The lowest BCUT2D eigenvalue weighted by Gasteiger charge is -2.19. The molecule has 0 aliphatic rings. The van der Waals surface area contributed by atoms with Crippen LogP contribution in [0.2, 0.25) is 10.0 Å². The minimum Gasteiger partial charge on any atom is -0.507 e. The first kappa shape index (κ1) is 21.0. The van der Waals surface area contributed by atoms with Crippen LogP contribution in [0.4, 0.5) is 5.69 Å². The van der Waals surface area contributed by atoms with Gasteiger partial charge in [-0.15, -0.1) is 0 Å². The highest BCUT2D eigenvalue weighted by Gasteiger charge is 2.16. The average Bonchev–Trinajstić information content (AvgIpc) is 2.72. The summed E-state index contributed by atoms with van der Waals surface area (Å²) in [6.45, 7) is 2.56. The van der Waals surface area contributed by atoms with Crippen LogP contribution in [-0.2, 0) is 0 Å². The fraction of sp³-hybridized carbons (Fsp3) is 0.174. The summed E-state index contributed by atoms with van der Waals surface area (Å²) in [6.07, 6.45) is 0.912. The van der Waals surface area contributed by atoms with Crippen LogP contribution >= 0.6 is 23.2 Å². The molecule has 1 amide bonds.